The zero-order chi connectivity index (χ0) is 24.3. The van der Waals surface area contributed by atoms with Crippen molar-refractivity contribution in [1.29, 1.82) is 5.26 Å². The first-order valence-electron chi connectivity index (χ1n) is 11.2. The second-order valence-corrected chi connectivity index (χ2v) is 9.06. The number of carbonyl (C=O) groups excluding carboxylic acids is 1. The number of hydrogen-bond acceptors (Lipinski definition) is 4. The molecule has 0 aliphatic heterocycles. The van der Waals surface area contributed by atoms with Crippen LogP contribution in [0.25, 0.3) is 17.0 Å². The molecule has 0 saturated carbocycles. The molecule has 1 aromatic carbocycles. The van der Waals surface area contributed by atoms with E-state index in [-0.39, 0.29) is 23.7 Å². The number of amides is 1. The lowest BCUT2D eigenvalue weighted by Gasteiger charge is -2.26. The van der Waals surface area contributed by atoms with E-state index in [9.17, 15) is 14.9 Å². The van der Waals surface area contributed by atoms with Gasteiger partial charge in [0, 0.05) is 24.0 Å². The third-order valence-electron chi connectivity index (χ3n) is 5.68. The molecule has 3 rings (SSSR count). The summed E-state index contributed by atoms with van der Waals surface area (Å²) in [5, 5.41) is 10.3. The molecule has 2 heterocycles. The van der Waals surface area contributed by atoms with E-state index >= 15 is 0 Å². The Labute approximate surface area is 194 Å². The first-order chi connectivity index (χ1) is 15.6. The molecule has 1 N–H and O–H groups in total. The highest BCUT2D eigenvalue weighted by atomic mass is 16.2. The van der Waals surface area contributed by atoms with Crippen molar-refractivity contribution in [2.24, 2.45) is 5.92 Å². The maximum absolute atomic E-state index is 13.4. The Balaban J connectivity index is 1.95. The average molecular weight is 446 g/mol. The summed E-state index contributed by atoms with van der Waals surface area (Å²) in [6.07, 6.45) is 1.66. The van der Waals surface area contributed by atoms with Crippen LogP contribution in [0, 0.1) is 31.1 Å². The van der Waals surface area contributed by atoms with Crippen LogP contribution in [0.5, 0.6) is 0 Å². The Bertz CT molecular complexity index is 1300. The normalized spacial score (nSPS) is 11.9. The van der Waals surface area contributed by atoms with Crippen LogP contribution in [0.15, 0.2) is 40.7 Å². The van der Waals surface area contributed by atoms with E-state index in [1.54, 1.807) is 29.2 Å². The first kappa shape index (κ1) is 24.0. The fourth-order valence-electron chi connectivity index (χ4n) is 3.93. The van der Waals surface area contributed by atoms with Crippen molar-refractivity contribution >= 4 is 22.9 Å². The van der Waals surface area contributed by atoms with Gasteiger partial charge < -0.3 is 14.5 Å². The van der Waals surface area contributed by atoms with Crippen LogP contribution < -0.4 is 5.56 Å². The number of nitrogens with zero attached hydrogens (tertiary/aromatic N) is 4. The molecule has 172 valence electrons. The van der Waals surface area contributed by atoms with Gasteiger partial charge >= 0.3 is 0 Å². The molecular formula is C26H31N5O2. The van der Waals surface area contributed by atoms with Gasteiger partial charge in [-0.25, -0.2) is 4.98 Å². The van der Waals surface area contributed by atoms with E-state index in [2.05, 4.69) is 34.5 Å². The molecule has 33 heavy (non-hydrogen) atoms. The van der Waals surface area contributed by atoms with Gasteiger partial charge in [0.1, 0.15) is 17.5 Å². The largest absolute Gasteiger partial charge is 0.348 e. The standard InChI is InChI=1S/C26H31N5O2/c1-16(2)14-31-18(5)11-20(19(31)6)12-21(13-27)26(33)30(17(3)4)15-24-28-23-10-8-7-9-22(23)25(32)29-24/h7-12,16-17H,14-15H2,1-6H3,(H,28,29,32)/b21-12-. The number of aromatic amines is 1. The smallest absolute Gasteiger partial charge is 0.265 e. The van der Waals surface area contributed by atoms with Gasteiger partial charge in [0.15, 0.2) is 0 Å². The van der Waals surface area contributed by atoms with Gasteiger partial charge in [-0.3, -0.25) is 9.59 Å². The van der Waals surface area contributed by atoms with Crippen molar-refractivity contribution in [2.45, 2.75) is 60.7 Å². The molecule has 7 nitrogen and oxygen atoms in total. The number of para-hydroxylation sites is 1. The molecule has 1 amide bonds. The SMILES string of the molecule is Cc1cc(/C=C(/C#N)C(=O)N(Cc2nc3ccccc3c(=O)[nH]2)C(C)C)c(C)n1CC(C)C. The van der Waals surface area contributed by atoms with Crippen molar-refractivity contribution in [3.63, 3.8) is 0 Å². The van der Waals surface area contributed by atoms with Crippen LogP contribution in [-0.2, 0) is 17.9 Å². The number of hydrogen-bond donors (Lipinski definition) is 1. The lowest BCUT2D eigenvalue weighted by Crippen LogP contribution is -2.38. The number of H-pyrrole nitrogens is 1. The van der Waals surface area contributed by atoms with Crippen LogP contribution in [0.2, 0.25) is 0 Å². The fourth-order valence-corrected chi connectivity index (χ4v) is 3.93. The summed E-state index contributed by atoms with van der Waals surface area (Å²) in [7, 11) is 0. The third kappa shape index (κ3) is 5.23. The van der Waals surface area contributed by atoms with E-state index in [1.807, 2.05) is 39.8 Å². The maximum atomic E-state index is 13.4. The van der Waals surface area contributed by atoms with Gasteiger partial charge in [0.05, 0.1) is 17.4 Å². The van der Waals surface area contributed by atoms with Crippen molar-refractivity contribution in [2.75, 3.05) is 0 Å². The number of fused-ring (bicyclic) bond motifs is 1. The molecule has 0 spiro atoms. The molecule has 0 aliphatic rings. The van der Waals surface area contributed by atoms with Crippen LogP contribution in [0.4, 0.5) is 0 Å². The second kappa shape index (κ2) is 9.86. The van der Waals surface area contributed by atoms with Gasteiger partial charge in [0.25, 0.3) is 11.5 Å². The summed E-state index contributed by atoms with van der Waals surface area (Å²) in [6.45, 7) is 13.1. The zero-order valence-electron chi connectivity index (χ0n) is 20.1. The van der Waals surface area contributed by atoms with Crippen LogP contribution in [0.3, 0.4) is 0 Å². The van der Waals surface area contributed by atoms with Crippen LogP contribution in [0.1, 0.15) is 50.5 Å². The summed E-state index contributed by atoms with van der Waals surface area (Å²) in [6, 6.07) is 11.0. The lowest BCUT2D eigenvalue weighted by molar-refractivity contribution is -0.129. The van der Waals surface area contributed by atoms with Crippen molar-refractivity contribution < 1.29 is 4.79 Å². The third-order valence-corrected chi connectivity index (χ3v) is 5.68. The summed E-state index contributed by atoms with van der Waals surface area (Å²) >= 11 is 0. The molecular weight excluding hydrogens is 414 g/mol. The number of benzene rings is 1. The molecule has 0 aliphatic carbocycles. The quantitative estimate of drug-likeness (QED) is 0.432. The first-order valence-corrected chi connectivity index (χ1v) is 11.2. The van der Waals surface area contributed by atoms with Gasteiger partial charge in [-0.15, -0.1) is 0 Å². The van der Waals surface area contributed by atoms with E-state index in [4.69, 9.17) is 0 Å². The number of nitrogens with one attached hydrogen (secondary N) is 1. The van der Waals surface area contributed by atoms with Crippen molar-refractivity contribution in [3.05, 3.63) is 69.0 Å². The number of carbonyl (C=O) groups is 1. The number of rotatable bonds is 7. The molecule has 7 heteroatoms. The number of nitriles is 1. The summed E-state index contributed by atoms with van der Waals surface area (Å²) in [4.78, 5) is 34.6. The predicted octanol–water partition coefficient (Wildman–Crippen LogP) is 4.34. The summed E-state index contributed by atoms with van der Waals surface area (Å²) in [5.41, 5.74) is 3.35. The highest BCUT2D eigenvalue weighted by Crippen LogP contribution is 2.21. The Hall–Kier alpha value is -3.66. The van der Waals surface area contributed by atoms with Gasteiger partial charge in [0.2, 0.25) is 0 Å². The van der Waals surface area contributed by atoms with E-state index in [0.29, 0.717) is 22.6 Å². The molecule has 0 saturated heterocycles. The monoisotopic (exact) mass is 445 g/mol. The lowest BCUT2D eigenvalue weighted by atomic mass is 10.1. The maximum Gasteiger partial charge on any atom is 0.265 e. The summed E-state index contributed by atoms with van der Waals surface area (Å²) < 4.78 is 2.21. The Morgan fingerprint density at radius 3 is 2.58 bits per heavy atom. The molecule has 3 aromatic rings. The van der Waals surface area contributed by atoms with Crippen molar-refractivity contribution in [3.8, 4) is 6.07 Å². The molecule has 0 atom stereocenters. The van der Waals surface area contributed by atoms with E-state index < -0.39 is 5.91 Å². The van der Waals surface area contributed by atoms with E-state index in [1.165, 1.54) is 0 Å². The average Bonchev–Trinajstić information content (AvgIpc) is 3.02. The zero-order valence-corrected chi connectivity index (χ0v) is 20.1. The van der Waals surface area contributed by atoms with Gasteiger partial charge in [-0.05, 0) is 63.5 Å². The minimum Gasteiger partial charge on any atom is -0.348 e. The molecule has 0 fully saturated rings. The topological polar surface area (TPSA) is 94.8 Å². The van der Waals surface area contributed by atoms with Gasteiger partial charge in [-0.1, -0.05) is 26.0 Å². The van der Waals surface area contributed by atoms with Crippen LogP contribution in [-0.4, -0.2) is 31.4 Å². The Morgan fingerprint density at radius 2 is 1.94 bits per heavy atom. The fraction of sp³-hybridized carbons (Fsp3) is 0.385. The van der Waals surface area contributed by atoms with Crippen LogP contribution >= 0.6 is 0 Å². The minimum atomic E-state index is -0.392. The Kier molecular flexibility index (Phi) is 7.17. The Morgan fingerprint density at radius 1 is 1.24 bits per heavy atom. The molecule has 0 bridgehead atoms. The number of aryl methyl sites for hydroxylation is 1. The highest BCUT2D eigenvalue weighted by molar-refractivity contribution is 6.02. The van der Waals surface area contributed by atoms with Gasteiger partial charge in [-0.2, -0.15) is 5.26 Å². The molecule has 2 aromatic heterocycles. The summed E-state index contributed by atoms with van der Waals surface area (Å²) in [5.74, 6) is 0.474. The second-order valence-electron chi connectivity index (χ2n) is 9.06. The highest BCUT2D eigenvalue weighted by Gasteiger charge is 2.23. The minimum absolute atomic E-state index is 0.0524. The van der Waals surface area contributed by atoms with E-state index in [0.717, 1.165) is 23.5 Å². The predicted molar refractivity (Wildman–Crippen MR) is 130 cm³/mol. The number of aromatic nitrogens is 3. The molecule has 0 radical (unpaired) electrons. The molecule has 0 unspecified atom stereocenters. The van der Waals surface area contributed by atoms with Crippen molar-refractivity contribution in [1.82, 2.24) is 19.4 Å².